The molecule has 52 heavy (non-hydrogen) atoms. The van der Waals surface area contributed by atoms with Gasteiger partial charge in [-0.25, -0.2) is 0 Å². The summed E-state index contributed by atoms with van der Waals surface area (Å²) in [6, 6.07) is 12.7. The van der Waals surface area contributed by atoms with Crippen molar-refractivity contribution in [1.82, 2.24) is 24.3 Å². The van der Waals surface area contributed by atoms with Crippen molar-refractivity contribution in [3.63, 3.8) is 0 Å². The summed E-state index contributed by atoms with van der Waals surface area (Å²) in [6.07, 6.45) is -5.91. The first kappa shape index (κ1) is 41.5. The maximum Gasteiger partial charge on any atom is 0.370 e. The largest absolute Gasteiger partial charge is 0.574 e. The fourth-order valence-corrected chi connectivity index (χ4v) is 4.08. The Hall–Kier alpha value is -4.97. The van der Waals surface area contributed by atoms with Crippen LogP contribution >= 0.6 is 0 Å². The number of alkyl halides is 12. The van der Waals surface area contributed by atoms with Crippen LogP contribution in [-0.2, 0) is 58.9 Å². The van der Waals surface area contributed by atoms with Crippen molar-refractivity contribution in [2.75, 3.05) is 0 Å². The Kier molecular flexibility index (Phi) is 12.9. The minimum atomic E-state index is -4.93. The van der Waals surface area contributed by atoms with E-state index in [1.807, 2.05) is 36.4 Å². The molecule has 0 spiro atoms. The molecule has 2 aromatic carbocycles. The van der Waals surface area contributed by atoms with E-state index in [1.54, 1.807) is 12.4 Å². The van der Waals surface area contributed by atoms with Gasteiger partial charge in [0.05, 0.1) is 14.1 Å². The molecule has 20 heteroatoms. The number of halogens is 12. The van der Waals surface area contributed by atoms with Gasteiger partial charge in [0.1, 0.15) is 0 Å². The third kappa shape index (κ3) is 10.8. The van der Waals surface area contributed by atoms with E-state index < -0.39 is 58.3 Å². The summed E-state index contributed by atoms with van der Waals surface area (Å²) in [5.41, 5.74) is -5.01. The summed E-state index contributed by atoms with van der Waals surface area (Å²) in [5, 5.41) is 7.58. The standard InChI is InChI=1S/2C12H7F6N2.C8H6N3.Ir/c2*1-19-4-5-20(7-19)10-3-2-8(11(13,14)15)6-9(10)12(16,17)18;1-2-5-9-7(3-1)8-4-6-10-11-8;/h2*2,4-6H,1H3;1-6H;/q3*-1;. The average molecular weight is 923 g/mol. The molecule has 0 aliphatic rings. The fraction of sp³-hybridized carbons (Fsp3) is 0.188. The Morgan fingerprint density at radius 3 is 1.40 bits per heavy atom. The molecule has 0 bridgehead atoms. The normalized spacial score (nSPS) is 11.9. The van der Waals surface area contributed by atoms with Crippen LogP contribution in [0.25, 0.3) is 22.8 Å². The summed E-state index contributed by atoms with van der Waals surface area (Å²) in [5.74, 6) is 0. The summed E-state index contributed by atoms with van der Waals surface area (Å²) >= 11 is 0. The zero-order valence-corrected chi connectivity index (χ0v) is 28.5. The minimum absolute atomic E-state index is 0. The fourth-order valence-electron chi connectivity index (χ4n) is 4.08. The van der Waals surface area contributed by atoms with Crippen molar-refractivity contribution in [2.45, 2.75) is 24.7 Å². The van der Waals surface area contributed by atoms with Crippen molar-refractivity contribution < 1.29 is 81.9 Å². The number of benzene rings is 2. The van der Waals surface area contributed by atoms with Crippen molar-refractivity contribution in [3.8, 4) is 22.8 Å². The summed E-state index contributed by atoms with van der Waals surface area (Å²) in [7, 11) is 3.04. The number of aryl methyl sites for hydroxylation is 2. The molecule has 0 atom stereocenters. The van der Waals surface area contributed by atoms with Gasteiger partial charge in [0.2, 0.25) is 12.7 Å². The van der Waals surface area contributed by atoms with E-state index in [-0.39, 0.29) is 32.2 Å². The van der Waals surface area contributed by atoms with E-state index in [1.165, 1.54) is 48.0 Å². The quantitative estimate of drug-likeness (QED) is 0.110. The number of nitrogens with zero attached hydrogens (tertiary/aromatic N) is 7. The SMILES string of the molecule is C[n+]1[c-]n(-c2[c-]cc(C(F)(F)F)cc2C(F)(F)F)cc1.C[n+]1[c-]n(-c2[c-]cc(C(F)(F)F)cc2C(F)(F)F)cc1.[Ir].c1ccc(-c2ccn[n-]2)nc1. The maximum absolute atomic E-state index is 12.9. The zero-order valence-electron chi connectivity index (χ0n) is 26.1. The van der Waals surface area contributed by atoms with Gasteiger partial charge in [-0.3, -0.25) is 4.98 Å². The van der Waals surface area contributed by atoms with Crippen LogP contribution in [0.1, 0.15) is 22.3 Å². The number of imidazole rings is 2. The van der Waals surface area contributed by atoms with Crippen molar-refractivity contribution in [1.29, 1.82) is 0 Å². The first-order chi connectivity index (χ1) is 23.6. The van der Waals surface area contributed by atoms with Gasteiger partial charge in [0.15, 0.2) is 0 Å². The monoisotopic (exact) mass is 923 g/mol. The maximum atomic E-state index is 12.9. The molecular formula is C32H20F12IrN7-3. The molecule has 279 valence electrons. The van der Waals surface area contributed by atoms with E-state index in [4.69, 9.17) is 0 Å². The Bertz CT molecular complexity index is 1920. The van der Waals surface area contributed by atoms with E-state index in [9.17, 15) is 52.7 Å². The molecule has 0 N–H and O–H groups in total. The van der Waals surface area contributed by atoms with Crippen LogP contribution in [0.3, 0.4) is 0 Å². The number of rotatable bonds is 3. The van der Waals surface area contributed by atoms with Crippen molar-refractivity contribution in [3.05, 3.63) is 133 Å². The molecule has 4 aromatic heterocycles. The van der Waals surface area contributed by atoms with Crippen LogP contribution in [0.5, 0.6) is 0 Å². The molecule has 7 nitrogen and oxygen atoms in total. The van der Waals surface area contributed by atoms with Crippen LogP contribution in [0.4, 0.5) is 52.7 Å². The Balaban J connectivity index is 0.000000217. The number of pyridine rings is 1. The van der Waals surface area contributed by atoms with Crippen molar-refractivity contribution >= 4 is 0 Å². The first-order valence-corrected chi connectivity index (χ1v) is 13.8. The van der Waals surface area contributed by atoms with E-state index >= 15 is 0 Å². The molecule has 0 saturated heterocycles. The first-order valence-electron chi connectivity index (χ1n) is 13.8. The summed E-state index contributed by atoms with van der Waals surface area (Å²) in [6.45, 7) is 0. The van der Waals surface area contributed by atoms with Gasteiger partial charge in [-0.2, -0.15) is 89.1 Å². The van der Waals surface area contributed by atoms with Crippen LogP contribution in [0.2, 0.25) is 0 Å². The topological polar surface area (TPSA) is 57.5 Å². The third-order valence-electron chi connectivity index (χ3n) is 6.39. The molecule has 0 saturated carbocycles. The minimum Gasteiger partial charge on any atom is -0.574 e. The van der Waals surface area contributed by atoms with Gasteiger partial charge in [-0.15, -0.1) is 0 Å². The smallest absolute Gasteiger partial charge is 0.370 e. The average Bonchev–Trinajstić information content (AvgIpc) is 3.83. The van der Waals surface area contributed by atoms with E-state index in [2.05, 4.69) is 27.8 Å². The second-order valence-corrected chi connectivity index (χ2v) is 10.2. The van der Waals surface area contributed by atoms with Gasteiger partial charge in [-0.1, -0.05) is 51.5 Å². The predicted molar refractivity (Wildman–Crippen MR) is 150 cm³/mol. The molecule has 6 rings (SSSR count). The molecule has 0 unspecified atom stereocenters. The Labute approximate surface area is 300 Å². The molecule has 6 aromatic rings. The zero-order chi connectivity index (χ0) is 37.8. The Morgan fingerprint density at radius 2 is 1.10 bits per heavy atom. The van der Waals surface area contributed by atoms with Gasteiger partial charge in [-0.05, 0) is 12.1 Å². The molecule has 1 radical (unpaired) electrons. The van der Waals surface area contributed by atoms with Gasteiger partial charge in [0, 0.05) is 63.0 Å². The molecular weight excluding hydrogens is 903 g/mol. The summed E-state index contributed by atoms with van der Waals surface area (Å²) in [4.78, 5) is 4.12. The molecule has 0 aliphatic carbocycles. The van der Waals surface area contributed by atoms with Gasteiger partial charge < -0.3 is 28.5 Å². The Morgan fingerprint density at radius 1 is 0.635 bits per heavy atom. The molecule has 0 fully saturated rings. The third-order valence-corrected chi connectivity index (χ3v) is 6.39. The van der Waals surface area contributed by atoms with Crippen molar-refractivity contribution in [2.24, 2.45) is 14.1 Å². The molecule has 0 aliphatic heterocycles. The van der Waals surface area contributed by atoms with Gasteiger partial charge >= 0.3 is 24.7 Å². The van der Waals surface area contributed by atoms with Gasteiger partial charge in [0.25, 0.3) is 0 Å². The predicted octanol–water partition coefficient (Wildman–Crippen LogP) is 6.98. The van der Waals surface area contributed by atoms with Crippen LogP contribution in [0.15, 0.2) is 85.7 Å². The van der Waals surface area contributed by atoms with E-state index in [0.717, 1.165) is 20.5 Å². The van der Waals surface area contributed by atoms with Crippen LogP contribution in [-0.4, -0.2) is 19.2 Å². The van der Waals surface area contributed by atoms with Crippen LogP contribution in [0, 0.1) is 24.8 Å². The van der Waals surface area contributed by atoms with E-state index in [0.29, 0.717) is 12.1 Å². The number of hydrogen-bond acceptors (Lipinski definition) is 2. The second-order valence-electron chi connectivity index (χ2n) is 10.2. The number of hydrogen-bond donors (Lipinski definition) is 0. The second kappa shape index (κ2) is 16.1. The van der Waals surface area contributed by atoms with Crippen LogP contribution < -0.4 is 14.2 Å². The molecule has 4 heterocycles. The summed E-state index contributed by atoms with van der Waals surface area (Å²) < 4.78 is 157. The molecule has 0 amide bonds. The number of aromatic nitrogens is 7.